The van der Waals surface area contributed by atoms with E-state index in [1.165, 1.54) is 0 Å². The van der Waals surface area contributed by atoms with Crippen LogP contribution in [0.5, 0.6) is 0 Å². The molecule has 0 bridgehead atoms. The lowest BCUT2D eigenvalue weighted by Gasteiger charge is -2.01. The lowest BCUT2D eigenvalue weighted by Crippen LogP contribution is -1.97. The molecular formula is C8H6BrNO2. The third-order valence-electron chi connectivity index (χ3n) is 1.36. The molecule has 0 heterocycles. The molecule has 1 aromatic rings. The fourth-order valence-corrected chi connectivity index (χ4v) is 1.20. The monoisotopic (exact) mass is 227 g/mol. The molecule has 0 aromatic heterocycles. The van der Waals surface area contributed by atoms with Crippen LogP contribution in [0.2, 0.25) is 0 Å². The molecular weight excluding hydrogens is 222 g/mol. The van der Waals surface area contributed by atoms with Crippen LogP contribution < -0.4 is 5.32 Å². The lowest BCUT2D eigenvalue weighted by atomic mass is 10.2. The Morgan fingerprint density at radius 2 is 2.08 bits per heavy atom. The Morgan fingerprint density at radius 1 is 1.33 bits per heavy atom. The number of rotatable bonds is 3. The molecule has 12 heavy (non-hydrogen) atoms. The lowest BCUT2D eigenvalue weighted by molar-refractivity contribution is -0.105. The summed E-state index contributed by atoms with van der Waals surface area (Å²) in [6, 6.07) is 5.04. The largest absolute Gasteiger partial charge is 0.328 e. The van der Waals surface area contributed by atoms with Crippen molar-refractivity contribution in [1.82, 2.24) is 0 Å². The van der Waals surface area contributed by atoms with E-state index in [0.29, 0.717) is 23.9 Å². The summed E-state index contributed by atoms with van der Waals surface area (Å²) < 4.78 is 0.807. The van der Waals surface area contributed by atoms with Gasteiger partial charge in [-0.2, -0.15) is 0 Å². The van der Waals surface area contributed by atoms with Gasteiger partial charge < -0.3 is 5.32 Å². The van der Waals surface area contributed by atoms with Crippen molar-refractivity contribution in [3.05, 3.63) is 28.2 Å². The van der Waals surface area contributed by atoms with Crippen LogP contribution >= 0.6 is 15.9 Å². The second kappa shape index (κ2) is 4.01. The highest BCUT2D eigenvalue weighted by Crippen LogP contribution is 2.18. The summed E-state index contributed by atoms with van der Waals surface area (Å²) >= 11 is 3.21. The second-order valence-electron chi connectivity index (χ2n) is 2.11. The highest BCUT2D eigenvalue weighted by molar-refractivity contribution is 9.10. The topological polar surface area (TPSA) is 46.2 Å². The number of hydrogen-bond donors (Lipinski definition) is 1. The standard InChI is InChI=1S/C8H6BrNO2/c9-7-1-2-8(10-5-12)6(3-7)4-11/h1-5H,(H,10,12). The molecule has 62 valence electrons. The smallest absolute Gasteiger partial charge is 0.211 e. The van der Waals surface area contributed by atoms with Crippen molar-refractivity contribution in [1.29, 1.82) is 0 Å². The van der Waals surface area contributed by atoms with Crippen molar-refractivity contribution >= 4 is 34.3 Å². The summed E-state index contributed by atoms with van der Waals surface area (Å²) in [5.74, 6) is 0. The second-order valence-corrected chi connectivity index (χ2v) is 3.03. The average molecular weight is 228 g/mol. The molecule has 0 unspecified atom stereocenters. The first-order valence-corrected chi connectivity index (χ1v) is 4.02. The van der Waals surface area contributed by atoms with E-state index in [1.807, 2.05) is 0 Å². The Bertz CT molecular complexity index is 312. The van der Waals surface area contributed by atoms with E-state index >= 15 is 0 Å². The van der Waals surface area contributed by atoms with Crippen LogP contribution in [0.1, 0.15) is 10.4 Å². The molecule has 1 aromatic carbocycles. The minimum Gasteiger partial charge on any atom is -0.328 e. The van der Waals surface area contributed by atoms with Gasteiger partial charge in [-0.15, -0.1) is 0 Å². The predicted octanol–water partition coefficient (Wildman–Crippen LogP) is 1.83. The molecule has 3 nitrogen and oxygen atoms in total. The molecule has 0 saturated heterocycles. The summed E-state index contributed by atoms with van der Waals surface area (Å²) in [6.07, 6.45) is 1.23. The summed E-state index contributed by atoms with van der Waals surface area (Å²) in [4.78, 5) is 20.6. The van der Waals surface area contributed by atoms with Crippen LogP contribution in [-0.4, -0.2) is 12.7 Å². The van der Waals surface area contributed by atoms with E-state index < -0.39 is 0 Å². The molecule has 0 aliphatic carbocycles. The average Bonchev–Trinajstić information content (AvgIpc) is 2.08. The van der Waals surface area contributed by atoms with E-state index in [9.17, 15) is 9.59 Å². The van der Waals surface area contributed by atoms with Crippen molar-refractivity contribution < 1.29 is 9.59 Å². The van der Waals surface area contributed by atoms with Gasteiger partial charge in [0.2, 0.25) is 6.41 Å². The van der Waals surface area contributed by atoms with E-state index in [2.05, 4.69) is 21.2 Å². The number of anilines is 1. The van der Waals surface area contributed by atoms with Crippen molar-refractivity contribution in [3.63, 3.8) is 0 Å². The third-order valence-corrected chi connectivity index (χ3v) is 1.85. The van der Waals surface area contributed by atoms with Gasteiger partial charge in [0.25, 0.3) is 0 Å². The highest BCUT2D eigenvalue weighted by Gasteiger charge is 1.99. The Hall–Kier alpha value is -1.16. The first-order valence-electron chi connectivity index (χ1n) is 3.23. The number of benzene rings is 1. The van der Waals surface area contributed by atoms with E-state index in [-0.39, 0.29) is 0 Å². The zero-order chi connectivity index (χ0) is 8.97. The number of halogens is 1. The molecule has 1 amide bonds. The molecule has 4 heteroatoms. The van der Waals surface area contributed by atoms with Gasteiger partial charge in [0.15, 0.2) is 6.29 Å². The molecule has 1 rings (SSSR count). The molecule has 1 N–H and O–H groups in total. The first-order chi connectivity index (χ1) is 5.77. The number of carbonyl (C=O) groups is 2. The van der Waals surface area contributed by atoms with Gasteiger partial charge >= 0.3 is 0 Å². The van der Waals surface area contributed by atoms with Crippen molar-refractivity contribution in [2.45, 2.75) is 0 Å². The molecule has 0 radical (unpaired) electrons. The van der Waals surface area contributed by atoms with Crippen LogP contribution in [0, 0.1) is 0 Å². The predicted molar refractivity (Wildman–Crippen MR) is 49.2 cm³/mol. The minimum absolute atomic E-state index is 0.455. The van der Waals surface area contributed by atoms with Crippen LogP contribution in [0.3, 0.4) is 0 Å². The van der Waals surface area contributed by atoms with Crippen LogP contribution in [0.25, 0.3) is 0 Å². The summed E-state index contributed by atoms with van der Waals surface area (Å²) in [6.45, 7) is 0. The van der Waals surface area contributed by atoms with E-state index in [4.69, 9.17) is 0 Å². The number of carbonyl (C=O) groups excluding carboxylic acids is 2. The zero-order valence-corrected chi connectivity index (χ0v) is 7.67. The Kier molecular flexibility index (Phi) is 2.99. The van der Waals surface area contributed by atoms with Gasteiger partial charge in [-0.25, -0.2) is 0 Å². The molecule has 0 aliphatic heterocycles. The maximum atomic E-state index is 10.5. The van der Waals surface area contributed by atoms with Gasteiger partial charge in [0.05, 0.1) is 5.69 Å². The first kappa shape index (κ1) is 8.93. The van der Waals surface area contributed by atoms with Gasteiger partial charge in [0, 0.05) is 10.0 Å². The summed E-state index contributed by atoms with van der Waals surface area (Å²) in [7, 11) is 0. The molecule has 0 aliphatic rings. The quantitative estimate of drug-likeness (QED) is 0.802. The molecule has 0 atom stereocenters. The zero-order valence-electron chi connectivity index (χ0n) is 6.08. The summed E-state index contributed by atoms with van der Waals surface area (Å²) in [5.41, 5.74) is 0.972. The third kappa shape index (κ3) is 1.92. The van der Waals surface area contributed by atoms with E-state index in [1.54, 1.807) is 18.2 Å². The van der Waals surface area contributed by atoms with Crippen LogP contribution in [-0.2, 0) is 4.79 Å². The number of aldehydes is 1. The van der Waals surface area contributed by atoms with Crippen molar-refractivity contribution in [2.24, 2.45) is 0 Å². The van der Waals surface area contributed by atoms with E-state index in [0.717, 1.165) is 4.47 Å². The fourth-order valence-electron chi connectivity index (χ4n) is 0.826. The van der Waals surface area contributed by atoms with Crippen LogP contribution in [0.4, 0.5) is 5.69 Å². The summed E-state index contributed by atoms with van der Waals surface area (Å²) in [5, 5.41) is 2.42. The normalized spacial score (nSPS) is 9.08. The number of hydrogen-bond acceptors (Lipinski definition) is 2. The number of nitrogens with one attached hydrogen (secondary N) is 1. The van der Waals surface area contributed by atoms with Gasteiger partial charge in [-0.05, 0) is 18.2 Å². The molecule has 0 fully saturated rings. The SMILES string of the molecule is O=CNc1ccc(Br)cc1C=O. The van der Waals surface area contributed by atoms with Gasteiger partial charge in [-0.1, -0.05) is 15.9 Å². The maximum absolute atomic E-state index is 10.5. The molecule has 0 spiro atoms. The Morgan fingerprint density at radius 3 is 2.67 bits per heavy atom. The molecule has 0 saturated carbocycles. The Labute approximate surface area is 77.9 Å². The van der Waals surface area contributed by atoms with Gasteiger partial charge in [-0.3, -0.25) is 9.59 Å². The Balaban J connectivity index is 3.10. The van der Waals surface area contributed by atoms with Crippen molar-refractivity contribution in [2.75, 3.05) is 5.32 Å². The highest BCUT2D eigenvalue weighted by atomic mass is 79.9. The maximum Gasteiger partial charge on any atom is 0.211 e. The fraction of sp³-hybridized carbons (Fsp3) is 0. The minimum atomic E-state index is 0.455. The van der Waals surface area contributed by atoms with Gasteiger partial charge in [0.1, 0.15) is 0 Å². The van der Waals surface area contributed by atoms with Crippen LogP contribution in [0.15, 0.2) is 22.7 Å². The number of amides is 1. The van der Waals surface area contributed by atoms with Crippen molar-refractivity contribution in [3.8, 4) is 0 Å².